The predicted molar refractivity (Wildman–Crippen MR) is 57.3 cm³/mol. The van der Waals surface area contributed by atoms with Crippen molar-refractivity contribution in [2.24, 2.45) is 5.41 Å². The predicted octanol–water partition coefficient (Wildman–Crippen LogP) is 2.60. The van der Waals surface area contributed by atoms with Crippen LogP contribution in [0, 0.1) is 11.4 Å². The van der Waals surface area contributed by atoms with Crippen LogP contribution in [0.1, 0.15) is 25.7 Å². The lowest BCUT2D eigenvalue weighted by Gasteiger charge is -2.38. The van der Waals surface area contributed by atoms with Gasteiger partial charge < -0.3 is 4.90 Å². The van der Waals surface area contributed by atoms with Crippen molar-refractivity contribution in [1.82, 2.24) is 4.98 Å². The van der Waals surface area contributed by atoms with Gasteiger partial charge in [0.15, 0.2) is 0 Å². The molecule has 0 aromatic carbocycles. The van der Waals surface area contributed by atoms with E-state index in [1.807, 2.05) is 6.07 Å². The van der Waals surface area contributed by atoms with Crippen LogP contribution in [0.3, 0.4) is 0 Å². The third-order valence-electron chi connectivity index (χ3n) is 3.93. The Labute approximate surface area is 89.1 Å². The summed E-state index contributed by atoms with van der Waals surface area (Å²) in [7, 11) is 0. The zero-order valence-corrected chi connectivity index (χ0v) is 8.75. The van der Waals surface area contributed by atoms with E-state index in [0.29, 0.717) is 5.41 Å². The molecule has 3 heteroatoms. The molecule has 1 spiro atoms. The molecule has 0 amide bonds. The highest BCUT2D eigenvalue weighted by Crippen LogP contribution is 2.48. The quantitative estimate of drug-likeness (QED) is 0.656. The Morgan fingerprint density at radius 1 is 1.33 bits per heavy atom. The van der Waals surface area contributed by atoms with Crippen molar-refractivity contribution in [2.45, 2.75) is 25.7 Å². The summed E-state index contributed by atoms with van der Waals surface area (Å²) in [6.45, 7) is 2.18. The molecule has 80 valence electrons. The van der Waals surface area contributed by atoms with Crippen LogP contribution in [0.25, 0.3) is 0 Å². The van der Waals surface area contributed by atoms with Gasteiger partial charge in [-0.05, 0) is 30.7 Å². The minimum atomic E-state index is -0.373. The van der Waals surface area contributed by atoms with Gasteiger partial charge in [-0.2, -0.15) is 4.39 Å². The molecule has 1 saturated carbocycles. The molecule has 0 bridgehead atoms. The van der Waals surface area contributed by atoms with E-state index in [1.165, 1.54) is 31.7 Å². The normalized spacial score (nSPS) is 23.1. The molecule has 1 saturated heterocycles. The van der Waals surface area contributed by atoms with E-state index >= 15 is 0 Å². The number of hydrogen-bond acceptors (Lipinski definition) is 2. The number of rotatable bonds is 1. The summed E-state index contributed by atoms with van der Waals surface area (Å²) in [5, 5.41) is 0. The van der Waals surface area contributed by atoms with Gasteiger partial charge in [0.1, 0.15) is 0 Å². The number of nitrogens with zero attached hydrogens (tertiary/aromatic N) is 2. The highest BCUT2D eigenvalue weighted by Gasteiger charge is 2.42. The average molecular weight is 206 g/mol. The maximum absolute atomic E-state index is 13.0. The van der Waals surface area contributed by atoms with Crippen LogP contribution >= 0.6 is 0 Å². The summed E-state index contributed by atoms with van der Waals surface area (Å²) in [5.41, 5.74) is 1.56. The van der Waals surface area contributed by atoms with Gasteiger partial charge in [-0.1, -0.05) is 6.42 Å². The topological polar surface area (TPSA) is 16.1 Å². The molecule has 15 heavy (non-hydrogen) atoms. The van der Waals surface area contributed by atoms with Crippen LogP contribution in [0.4, 0.5) is 10.1 Å². The van der Waals surface area contributed by atoms with E-state index in [-0.39, 0.29) is 5.95 Å². The van der Waals surface area contributed by atoms with Gasteiger partial charge in [0.05, 0.1) is 0 Å². The third kappa shape index (κ3) is 1.50. The zero-order valence-electron chi connectivity index (χ0n) is 8.75. The van der Waals surface area contributed by atoms with Crippen molar-refractivity contribution in [3.8, 4) is 0 Å². The molecule has 1 aliphatic heterocycles. The minimum Gasteiger partial charge on any atom is -0.371 e. The van der Waals surface area contributed by atoms with Gasteiger partial charge in [0.25, 0.3) is 0 Å². The van der Waals surface area contributed by atoms with Crippen LogP contribution in [-0.4, -0.2) is 18.1 Å². The first-order valence-corrected chi connectivity index (χ1v) is 5.64. The summed E-state index contributed by atoms with van der Waals surface area (Å²) < 4.78 is 13.0. The standard InChI is InChI=1S/C12H15FN2/c13-11-8-10(2-6-14-11)15-7-5-12(9-15)3-1-4-12/h2,6,8H,1,3-5,7,9H2. The Morgan fingerprint density at radius 2 is 2.20 bits per heavy atom. The molecule has 2 nitrogen and oxygen atoms in total. The van der Waals surface area contributed by atoms with Crippen LogP contribution in [-0.2, 0) is 0 Å². The fraction of sp³-hybridized carbons (Fsp3) is 0.583. The first kappa shape index (κ1) is 9.13. The van der Waals surface area contributed by atoms with Crippen molar-refractivity contribution in [1.29, 1.82) is 0 Å². The van der Waals surface area contributed by atoms with Crippen molar-refractivity contribution in [3.63, 3.8) is 0 Å². The third-order valence-corrected chi connectivity index (χ3v) is 3.93. The summed E-state index contributed by atoms with van der Waals surface area (Å²) in [6, 6.07) is 3.44. The second-order valence-corrected chi connectivity index (χ2v) is 4.86. The summed E-state index contributed by atoms with van der Waals surface area (Å²) in [6.07, 6.45) is 6.92. The number of hydrogen-bond donors (Lipinski definition) is 0. The molecule has 1 aromatic heterocycles. The summed E-state index contributed by atoms with van der Waals surface area (Å²) in [4.78, 5) is 5.88. The number of pyridine rings is 1. The van der Waals surface area contributed by atoms with E-state index in [2.05, 4.69) is 9.88 Å². The van der Waals surface area contributed by atoms with Gasteiger partial charge in [-0.25, -0.2) is 4.98 Å². The molecule has 2 fully saturated rings. The molecule has 0 atom stereocenters. The monoisotopic (exact) mass is 206 g/mol. The second kappa shape index (κ2) is 3.19. The number of aromatic nitrogens is 1. The van der Waals surface area contributed by atoms with Gasteiger partial charge >= 0.3 is 0 Å². The van der Waals surface area contributed by atoms with Crippen LogP contribution in [0.5, 0.6) is 0 Å². The molecule has 0 unspecified atom stereocenters. The first-order valence-electron chi connectivity index (χ1n) is 5.64. The minimum absolute atomic E-state index is 0.373. The number of halogens is 1. The lowest BCUT2D eigenvalue weighted by Crippen LogP contribution is -2.33. The Hall–Kier alpha value is -1.12. The van der Waals surface area contributed by atoms with Gasteiger partial charge in [-0.3, -0.25) is 0 Å². The maximum Gasteiger partial charge on any atom is 0.214 e. The van der Waals surface area contributed by atoms with Crippen molar-refractivity contribution >= 4 is 5.69 Å². The molecular weight excluding hydrogens is 191 g/mol. The van der Waals surface area contributed by atoms with Crippen LogP contribution in [0.15, 0.2) is 18.3 Å². The molecule has 3 rings (SSSR count). The largest absolute Gasteiger partial charge is 0.371 e. The van der Waals surface area contributed by atoms with Crippen molar-refractivity contribution < 1.29 is 4.39 Å². The fourth-order valence-electron chi connectivity index (χ4n) is 2.83. The molecule has 2 heterocycles. The van der Waals surface area contributed by atoms with E-state index in [1.54, 1.807) is 6.20 Å². The molecular formula is C12H15FN2. The second-order valence-electron chi connectivity index (χ2n) is 4.86. The van der Waals surface area contributed by atoms with Gasteiger partial charge in [0, 0.05) is 31.0 Å². The van der Waals surface area contributed by atoms with E-state index in [4.69, 9.17) is 0 Å². The average Bonchev–Trinajstić information content (AvgIpc) is 2.62. The highest BCUT2D eigenvalue weighted by molar-refractivity contribution is 5.46. The Morgan fingerprint density at radius 3 is 2.80 bits per heavy atom. The molecule has 0 N–H and O–H groups in total. The van der Waals surface area contributed by atoms with Crippen molar-refractivity contribution in [2.75, 3.05) is 18.0 Å². The van der Waals surface area contributed by atoms with Gasteiger partial charge in [-0.15, -0.1) is 0 Å². The van der Waals surface area contributed by atoms with Crippen LogP contribution in [0.2, 0.25) is 0 Å². The van der Waals surface area contributed by atoms with E-state index < -0.39 is 0 Å². The lowest BCUT2D eigenvalue weighted by atomic mass is 9.68. The van der Waals surface area contributed by atoms with E-state index in [9.17, 15) is 4.39 Å². The smallest absolute Gasteiger partial charge is 0.214 e. The Bertz CT molecular complexity index is 374. The Balaban J connectivity index is 1.79. The zero-order chi connectivity index (χ0) is 10.3. The Kier molecular flexibility index (Phi) is 1.94. The fourth-order valence-corrected chi connectivity index (χ4v) is 2.83. The molecule has 2 aliphatic rings. The van der Waals surface area contributed by atoms with Gasteiger partial charge in [0.2, 0.25) is 5.95 Å². The molecule has 1 aliphatic carbocycles. The highest BCUT2D eigenvalue weighted by atomic mass is 19.1. The van der Waals surface area contributed by atoms with Crippen LogP contribution < -0.4 is 4.90 Å². The molecule has 0 radical (unpaired) electrons. The summed E-state index contributed by atoms with van der Waals surface area (Å²) >= 11 is 0. The lowest BCUT2D eigenvalue weighted by molar-refractivity contribution is 0.165. The van der Waals surface area contributed by atoms with E-state index in [0.717, 1.165) is 18.8 Å². The first-order chi connectivity index (χ1) is 7.27. The van der Waals surface area contributed by atoms with Crippen molar-refractivity contribution in [3.05, 3.63) is 24.3 Å². The summed E-state index contributed by atoms with van der Waals surface area (Å²) in [5.74, 6) is -0.373. The SMILES string of the molecule is Fc1cc(N2CCC3(CCC3)C2)ccn1. The number of anilines is 1. The maximum atomic E-state index is 13.0. The molecule has 1 aromatic rings.